The summed E-state index contributed by atoms with van der Waals surface area (Å²) in [7, 11) is 1.68. The van der Waals surface area contributed by atoms with Crippen molar-refractivity contribution in [1.29, 1.82) is 0 Å². The van der Waals surface area contributed by atoms with E-state index in [1.165, 1.54) is 0 Å². The summed E-state index contributed by atoms with van der Waals surface area (Å²) in [5.41, 5.74) is 0.458. The maximum atomic E-state index is 12.5. The summed E-state index contributed by atoms with van der Waals surface area (Å²) in [5, 5.41) is 12.7. The lowest BCUT2D eigenvalue weighted by Gasteiger charge is -2.27. The number of nitrogens with zero attached hydrogens (tertiary/aromatic N) is 1. The zero-order valence-electron chi connectivity index (χ0n) is 14.0. The first-order valence-corrected chi connectivity index (χ1v) is 8.09. The van der Waals surface area contributed by atoms with Crippen LogP contribution in [0.15, 0.2) is 24.3 Å². The Kier molecular flexibility index (Phi) is 7.52. The quantitative estimate of drug-likeness (QED) is 0.800. The number of hydrogen-bond acceptors (Lipinski definition) is 3. The second-order valence-corrected chi connectivity index (χ2v) is 6.54. The number of hydrogen-bond donors (Lipinski definition) is 2. The van der Waals surface area contributed by atoms with Gasteiger partial charge in [0.1, 0.15) is 6.04 Å². The molecule has 6 heteroatoms. The predicted octanol–water partition coefficient (Wildman–Crippen LogP) is 2.32. The van der Waals surface area contributed by atoms with Crippen LogP contribution >= 0.6 is 11.6 Å². The molecule has 1 aromatic rings. The van der Waals surface area contributed by atoms with Crippen LogP contribution in [0.3, 0.4) is 0 Å². The molecular weight excluding hydrogens is 316 g/mol. The Bertz CT molecular complexity index is 529. The van der Waals surface area contributed by atoms with E-state index in [9.17, 15) is 14.7 Å². The molecule has 0 radical (unpaired) electrons. The molecule has 0 aliphatic rings. The Balaban J connectivity index is 2.76. The summed E-state index contributed by atoms with van der Waals surface area (Å²) in [4.78, 5) is 26.4. The van der Waals surface area contributed by atoms with Crippen molar-refractivity contribution in [2.75, 3.05) is 13.6 Å². The van der Waals surface area contributed by atoms with Gasteiger partial charge in [-0.3, -0.25) is 9.59 Å². The number of benzene rings is 1. The maximum absolute atomic E-state index is 12.5. The van der Waals surface area contributed by atoms with E-state index in [1.54, 1.807) is 43.1 Å². The molecule has 0 fully saturated rings. The molecule has 0 heterocycles. The summed E-state index contributed by atoms with van der Waals surface area (Å²) in [6.45, 7) is 5.89. The minimum atomic E-state index is -0.614. The molecule has 2 atom stereocenters. The van der Waals surface area contributed by atoms with Crippen LogP contribution in [-0.2, 0) is 4.79 Å². The topological polar surface area (TPSA) is 69.6 Å². The average molecular weight is 341 g/mol. The van der Waals surface area contributed by atoms with E-state index in [0.29, 0.717) is 23.6 Å². The van der Waals surface area contributed by atoms with Gasteiger partial charge in [0.25, 0.3) is 5.91 Å². The van der Waals surface area contributed by atoms with Gasteiger partial charge in [-0.2, -0.15) is 0 Å². The molecule has 0 saturated carbocycles. The van der Waals surface area contributed by atoms with Crippen LogP contribution in [0.1, 0.15) is 37.6 Å². The summed E-state index contributed by atoms with van der Waals surface area (Å²) in [6, 6.07) is 5.90. The normalized spacial score (nSPS) is 13.5. The predicted molar refractivity (Wildman–Crippen MR) is 91.5 cm³/mol. The third-order valence-electron chi connectivity index (χ3n) is 3.58. The summed E-state index contributed by atoms with van der Waals surface area (Å²) in [5.74, 6) is -0.520. The summed E-state index contributed by atoms with van der Waals surface area (Å²) >= 11 is 5.81. The van der Waals surface area contributed by atoms with Crippen LogP contribution in [0.4, 0.5) is 0 Å². The molecule has 0 spiro atoms. The molecule has 0 aromatic heterocycles. The lowest BCUT2D eigenvalue weighted by atomic mass is 10.0. The van der Waals surface area contributed by atoms with Gasteiger partial charge in [0.05, 0.1) is 6.10 Å². The Labute approximate surface area is 142 Å². The van der Waals surface area contributed by atoms with Crippen LogP contribution in [0.2, 0.25) is 5.02 Å². The van der Waals surface area contributed by atoms with E-state index < -0.39 is 12.1 Å². The van der Waals surface area contributed by atoms with Crippen LogP contribution in [0.5, 0.6) is 0 Å². The fraction of sp³-hybridized carbons (Fsp3) is 0.529. The van der Waals surface area contributed by atoms with Crippen LogP contribution in [-0.4, -0.2) is 47.6 Å². The number of aliphatic hydroxyl groups excluding tert-OH is 1. The minimum Gasteiger partial charge on any atom is -0.393 e. The smallest absolute Gasteiger partial charge is 0.251 e. The number of carbonyl (C=O) groups is 2. The van der Waals surface area contributed by atoms with E-state index >= 15 is 0 Å². The molecule has 0 aliphatic heterocycles. The number of aliphatic hydroxyl groups is 1. The van der Waals surface area contributed by atoms with Crippen LogP contribution in [0, 0.1) is 5.92 Å². The molecule has 0 aliphatic carbocycles. The monoisotopic (exact) mass is 340 g/mol. The van der Waals surface area contributed by atoms with Crippen molar-refractivity contribution in [2.45, 2.75) is 39.3 Å². The zero-order valence-corrected chi connectivity index (χ0v) is 14.8. The fourth-order valence-electron chi connectivity index (χ4n) is 2.07. The molecule has 2 amide bonds. The average Bonchev–Trinajstić information content (AvgIpc) is 2.49. The Hall–Kier alpha value is -1.59. The number of nitrogens with one attached hydrogen (secondary N) is 1. The van der Waals surface area contributed by atoms with Gasteiger partial charge in [-0.15, -0.1) is 0 Å². The van der Waals surface area contributed by atoms with Crippen molar-refractivity contribution in [2.24, 2.45) is 5.92 Å². The second kappa shape index (κ2) is 8.89. The van der Waals surface area contributed by atoms with Gasteiger partial charge in [-0.25, -0.2) is 0 Å². The Morgan fingerprint density at radius 3 is 2.26 bits per heavy atom. The molecule has 2 unspecified atom stereocenters. The molecule has 2 N–H and O–H groups in total. The largest absolute Gasteiger partial charge is 0.393 e. The van der Waals surface area contributed by atoms with E-state index in [2.05, 4.69) is 5.32 Å². The van der Waals surface area contributed by atoms with Crippen LogP contribution in [0.25, 0.3) is 0 Å². The van der Waals surface area contributed by atoms with Crippen LogP contribution < -0.4 is 5.32 Å². The molecule has 0 saturated heterocycles. The Morgan fingerprint density at radius 1 is 1.22 bits per heavy atom. The molecular formula is C17H25ClN2O3. The van der Waals surface area contributed by atoms with Gasteiger partial charge in [0.15, 0.2) is 0 Å². The third kappa shape index (κ3) is 6.20. The molecule has 1 aromatic carbocycles. The van der Waals surface area contributed by atoms with Gasteiger partial charge < -0.3 is 15.3 Å². The summed E-state index contributed by atoms with van der Waals surface area (Å²) < 4.78 is 0. The van der Waals surface area contributed by atoms with E-state index in [-0.39, 0.29) is 17.7 Å². The molecule has 5 nitrogen and oxygen atoms in total. The highest BCUT2D eigenvalue weighted by atomic mass is 35.5. The summed E-state index contributed by atoms with van der Waals surface area (Å²) in [6.07, 6.45) is 0.0319. The van der Waals surface area contributed by atoms with Gasteiger partial charge in [0, 0.05) is 24.2 Å². The number of amides is 2. The number of likely N-dealkylation sites (N-methyl/N-ethyl adjacent to an activating group) is 1. The molecule has 1 rings (SSSR count). The first-order valence-electron chi connectivity index (χ1n) is 7.71. The Morgan fingerprint density at radius 2 is 1.78 bits per heavy atom. The first kappa shape index (κ1) is 19.5. The van der Waals surface area contributed by atoms with Gasteiger partial charge >= 0.3 is 0 Å². The molecule has 0 bridgehead atoms. The van der Waals surface area contributed by atoms with E-state index in [0.717, 1.165) is 0 Å². The third-order valence-corrected chi connectivity index (χ3v) is 3.84. The van der Waals surface area contributed by atoms with Crippen molar-refractivity contribution >= 4 is 23.4 Å². The standard InChI is InChI=1S/C17H25ClN2O3/c1-11(2)15(17(23)20(4)10-9-12(3)21)19-16(22)13-5-7-14(18)8-6-13/h5-8,11-12,15,21H,9-10H2,1-4H3,(H,19,22). The van der Waals surface area contributed by atoms with Crippen molar-refractivity contribution < 1.29 is 14.7 Å². The van der Waals surface area contributed by atoms with Gasteiger partial charge in [-0.1, -0.05) is 25.4 Å². The van der Waals surface area contributed by atoms with E-state index in [4.69, 9.17) is 11.6 Å². The van der Waals surface area contributed by atoms with Crippen molar-refractivity contribution in [1.82, 2.24) is 10.2 Å². The fourth-order valence-corrected chi connectivity index (χ4v) is 2.19. The number of carbonyl (C=O) groups excluding carboxylic acids is 2. The molecule has 128 valence electrons. The highest BCUT2D eigenvalue weighted by Gasteiger charge is 2.27. The lowest BCUT2D eigenvalue weighted by molar-refractivity contribution is -0.133. The van der Waals surface area contributed by atoms with Gasteiger partial charge in [0.2, 0.25) is 5.91 Å². The highest BCUT2D eigenvalue weighted by Crippen LogP contribution is 2.12. The van der Waals surface area contributed by atoms with Gasteiger partial charge in [-0.05, 0) is 43.5 Å². The first-order chi connectivity index (χ1) is 10.7. The maximum Gasteiger partial charge on any atom is 0.251 e. The van der Waals surface area contributed by atoms with Crippen molar-refractivity contribution in [3.63, 3.8) is 0 Å². The van der Waals surface area contributed by atoms with Crippen molar-refractivity contribution in [3.8, 4) is 0 Å². The SMILES string of the molecule is CC(O)CCN(C)C(=O)C(NC(=O)c1ccc(Cl)cc1)C(C)C. The second-order valence-electron chi connectivity index (χ2n) is 6.10. The number of halogens is 1. The highest BCUT2D eigenvalue weighted by molar-refractivity contribution is 6.30. The number of rotatable bonds is 7. The zero-order chi connectivity index (χ0) is 17.6. The van der Waals surface area contributed by atoms with E-state index in [1.807, 2.05) is 13.8 Å². The van der Waals surface area contributed by atoms with Crippen molar-refractivity contribution in [3.05, 3.63) is 34.9 Å². The molecule has 23 heavy (non-hydrogen) atoms. The lowest BCUT2D eigenvalue weighted by Crippen LogP contribution is -2.50. The minimum absolute atomic E-state index is 0.0484.